The van der Waals surface area contributed by atoms with Gasteiger partial charge in [-0.05, 0) is 163 Å². The Kier molecular flexibility index (Phi) is 9.59. The van der Waals surface area contributed by atoms with Crippen LogP contribution in [0.5, 0.6) is 0 Å². The molecular weight excluding hydrogens is 925 g/mol. The monoisotopic (exact) mass is 964 g/mol. The van der Waals surface area contributed by atoms with E-state index in [4.69, 9.17) is 16.5 Å². The van der Waals surface area contributed by atoms with Crippen molar-refractivity contribution >= 4 is 92.6 Å². The van der Waals surface area contributed by atoms with E-state index in [0.717, 1.165) is 143 Å². The summed E-state index contributed by atoms with van der Waals surface area (Å²) in [5.74, 6) is 0. The first-order valence-electron chi connectivity index (χ1n) is 25.4. The van der Waals surface area contributed by atoms with E-state index in [2.05, 4.69) is 202 Å². The lowest BCUT2D eigenvalue weighted by molar-refractivity contribution is 1.18. The summed E-state index contributed by atoms with van der Waals surface area (Å²) in [6.07, 6.45) is 3.78. The van der Waals surface area contributed by atoms with Crippen LogP contribution in [-0.2, 0) is 0 Å². The van der Waals surface area contributed by atoms with E-state index in [0.29, 0.717) is 11.3 Å². The Morgan fingerprint density at radius 3 is 1.28 bits per heavy atom. The topological polar surface area (TPSA) is 63.8 Å². The Balaban J connectivity index is 1.02. The molecule has 15 aromatic rings. The van der Waals surface area contributed by atoms with Crippen LogP contribution in [0.3, 0.4) is 0 Å². The van der Waals surface area contributed by atoms with E-state index >= 15 is 0 Å². The van der Waals surface area contributed by atoms with Crippen LogP contribution in [0.4, 0.5) is 5.69 Å². The molecule has 0 unspecified atom stereocenters. The van der Waals surface area contributed by atoms with Gasteiger partial charge >= 0.3 is 0 Å². The van der Waals surface area contributed by atoms with Crippen LogP contribution in [0, 0.1) is 17.9 Å². The fourth-order valence-corrected chi connectivity index (χ4v) is 12.0. The first-order valence-corrected chi connectivity index (χ1v) is 25.4. The molecule has 0 radical (unpaired) electrons. The van der Waals surface area contributed by atoms with Gasteiger partial charge in [-0.2, -0.15) is 5.26 Å². The van der Waals surface area contributed by atoms with Crippen LogP contribution in [0.2, 0.25) is 0 Å². The van der Waals surface area contributed by atoms with Gasteiger partial charge in [0.2, 0.25) is 0 Å². The van der Waals surface area contributed by atoms with E-state index in [1.807, 2.05) is 60.9 Å². The zero-order valence-corrected chi connectivity index (χ0v) is 40.8. The Hall–Kier alpha value is -10.7. The van der Waals surface area contributed by atoms with E-state index < -0.39 is 0 Å². The van der Waals surface area contributed by atoms with E-state index in [1.165, 1.54) is 0 Å². The van der Waals surface area contributed by atoms with E-state index in [1.54, 1.807) is 0 Å². The minimum Gasteiger partial charge on any atom is -0.309 e. The molecule has 76 heavy (non-hydrogen) atoms. The average molecular weight is 965 g/mol. The molecule has 0 saturated heterocycles. The summed E-state index contributed by atoms with van der Waals surface area (Å²) in [7, 11) is 0. The van der Waals surface area contributed by atoms with Crippen LogP contribution >= 0.6 is 0 Å². The molecule has 0 atom stereocenters. The highest BCUT2D eigenvalue weighted by Gasteiger charge is 2.23. The molecule has 0 amide bonds. The quantitative estimate of drug-likeness (QED) is 0.123. The molecule has 0 spiro atoms. The van der Waals surface area contributed by atoms with Gasteiger partial charge in [-0.15, -0.1) is 0 Å². The molecule has 350 valence electrons. The lowest BCUT2D eigenvalue weighted by Crippen LogP contribution is -1.95. The van der Waals surface area contributed by atoms with E-state index in [9.17, 15) is 5.26 Å². The van der Waals surface area contributed by atoms with Crippen molar-refractivity contribution in [1.29, 1.82) is 5.26 Å². The first kappa shape index (κ1) is 43.0. The largest absolute Gasteiger partial charge is 0.309 e. The summed E-state index contributed by atoms with van der Waals surface area (Å²) in [4.78, 5) is 14.0. The maximum absolute atomic E-state index is 10.1. The maximum atomic E-state index is 10.1. The van der Waals surface area contributed by atoms with Crippen molar-refractivity contribution in [3.05, 3.63) is 260 Å². The van der Waals surface area contributed by atoms with Gasteiger partial charge in [-0.3, -0.25) is 9.97 Å². The highest BCUT2D eigenvalue weighted by molar-refractivity contribution is 6.26. The van der Waals surface area contributed by atoms with Crippen molar-refractivity contribution in [3.63, 3.8) is 0 Å². The second kappa shape index (κ2) is 17.0. The Morgan fingerprint density at radius 2 is 0.789 bits per heavy atom. The molecule has 0 aliphatic carbocycles. The molecule has 0 N–H and O–H groups in total. The van der Waals surface area contributed by atoms with Crippen LogP contribution in [-0.4, -0.2) is 19.1 Å². The number of fused-ring (bicyclic) bond motifs is 10. The number of benzene rings is 11. The molecular formula is C70H40N6. The number of aromatic nitrogens is 4. The summed E-state index contributed by atoms with van der Waals surface area (Å²) in [5, 5.41) is 20.8. The number of hydrogen-bond donors (Lipinski definition) is 0. The molecule has 4 heterocycles. The Bertz CT molecular complexity index is 4690. The third-order valence-corrected chi connectivity index (χ3v) is 15.4. The Labute approximate surface area is 436 Å². The fourth-order valence-electron chi connectivity index (χ4n) is 12.0. The highest BCUT2D eigenvalue weighted by atomic mass is 15.0. The molecule has 0 aliphatic heterocycles. The van der Waals surface area contributed by atoms with Crippen molar-refractivity contribution < 1.29 is 0 Å². The summed E-state index contributed by atoms with van der Waals surface area (Å²) >= 11 is 0. The number of nitrogens with zero attached hydrogens (tertiary/aromatic N) is 6. The number of hydrogen-bond acceptors (Lipinski definition) is 3. The third-order valence-electron chi connectivity index (χ3n) is 15.4. The van der Waals surface area contributed by atoms with Crippen LogP contribution in [0.25, 0.3) is 148 Å². The molecule has 0 fully saturated rings. The summed E-state index contributed by atoms with van der Waals surface area (Å²) < 4.78 is 4.59. The third kappa shape index (κ3) is 6.59. The number of rotatable bonds is 6. The highest BCUT2D eigenvalue weighted by Crippen LogP contribution is 2.49. The molecule has 6 heteroatoms. The van der Waals surface area contributed by atoms with Gasteiger partial charge in [0.15, 0.2) is 5.69 Å². The second-order valence-electron chi connectivity index (χ2n) is 19.5. The van der Waals surface area contributed by atoms with Crippen LogP contribution in [0.15, 0.2) is 243 Å². The normalized spacial score (nSPS) is 11.7. The van der Waals surface area contributed by atoms with Gasteiger partial charge in [0.25, 0.3) is 0 Å². The smallest absolute Gasteiger partial charge is 0.188 e. The first-order chi connectivity index (χ1) is 37.6. The lowest BCUT2D eigenvalue weighted by atomic mass is 9.83. The molecule has 0 saturated carbocycles. The van der Waals surface area contributed by atoms with E-state index in [-0.39, 0.29) is 0 Å². The summed E-state index contributed by atoms with van der Waals surface area (Å²) in [6.45, 7) is 7.93. The van der Waals surface area contributed by atoms with Gasteiger partial charge in [0.05, 0.1) is 51.3 Å². The average Bonchev–Trinajstić information content (AvgIpc) is 4.08. The number of nitriles is 1. The number of pyridine rings is 2. The van der Waals surface area contributed by atoms with Crippen molar-refractivity contribution in [1.82, 2.24) is 19.1 Å². The molecule has 0 bridgehead atoms. The van der Waals surface area contributed by atoms with Gasteiger partial charge in [0, 0.05) is 61.8 Å². The molecule has 15 rings (SSSR count). The van der Waals surface area contributed by atoms with Gasteiger partial charge in [-0.1, -0.05) is 127 Å². The second-order valence-corrected chi connectivity index (χ2v) is 19.5. The van der Waals surface area contributed by atoms with Crippen LogP contribution < -0.4 is 0 Å². The van der Waals surface area contributed by atoms with Gasteiger partial charge < -0.3 is 9.13 Å². The zero-order chi connectivity index (χ0) is 50.4. The SMILES string of the molecule is [C-]#[N+]c1ccc2c(c1)c1cc(-c3ccc4c(-c5cccc6cccnc56)c5cc(-c6ccc7c(c6)c6cc(C#N)ccc6n7-c6ccccc6)ccc5c(-c5cccc6cccnc56)c4c3)ccc1n2-c1ccccc1. The summed E-state index contributed by atoms with van der Waals surface area (Å²) in [6, 6.07) is 83.9. The molecule has 11 aromatic carbocycles. The van der Waals surface area contributed by atoms with Gasteiger partial charge in [0.1, 0.15) is 0 Å². The van der Waals surface area contributed by atoms with Crippen molar-refractivity contribution in [3.8, 4) is 62.0 Å². The summed E-state index contributed by atoms with van der Waals surface area (Å²) in [5.41, 5.74) is 18.1. The maximum Gasteiger partial charge on any atom is 0.188 e. The minimum atomic E-state index is 0.611. The zero-order valence-electron chi connectivity index (χ0n) is 40.8. The van der Waals surface area contributed by atoms with Crippen molar-refractivity contribution in [2.45, 2.75) is 0 Å². The van der Waals surface area contributed by atoms with Gasteiger partial charge in [-0.25, -0.2) is 4.85 Å². The number of para-hydroxylation sites is 4. The van der Waals surface area contributed by atoms with Crippen molar-refractivity contribution in [2.75, 3.05) is 0 Å². The molecule has 0 aliphatic rings. The fraction of sp³-hybridized carbons (Fsp3) is 0. The van der Waals surface area contributed by atoms with Crippen LogP contribution in [0.1, 0.15) is 5.56 Å². The molecule has 4 aromatic heterocycles. The predicted molar refractivity (Wildman–Crippen MR) is 313 cm³/mol. The molecule has 6 nitrogen and oxygen atoms in total. The Morgan fingerprint density at radius 1 is 0.368 bits per heavy atom. The minimum absolute atomic E-state index is 0.611. The predicted octanol–water partition coefficient (Wildman–Crippen LogP) is 18.4. The standard InChI is InChI=1S/C70H40N6/c1-72-50-27-33-66-60(41-50)59-38-49(26-32-65(59)76(66)52-18-6-3-7-19-52)47-24-29-54-62(40-47)68(56-21-9-13-45-15-11-35-74-70(45)56)53-28-23-46(39-61(53)67(54)55-20-8-12-44-14-10-34-73-69(44)55)48-25-31-64-58(37-48)57-36-43(42-71)22-30-63(57)75(64)51-16-4-2-5-17-51/h2-41H. The lowest BCUT2D eigenvalue weighted by Gasteiger charge is -2.21. The van der Waals surface area contributed by atoms with Crippen molar-refractivity contribution in [2.24, 2.45) is 0 Å².